The van der Waals surface area contributed by atoms with Crippen LogP contribution < -0.4 is 9.47 Å². The van der Waals surface area contributed by atoms with Gasteiger partial charge in [-0.25, -0.2) is 0 Å². The summed E-state index contributed by atoms with van der Waals surface area (Å²) in [5.74, 6) is 1.34. The molecule has 0 amide bonds. The Bertz CT molecular complexity index is 608. The van der Waals surface area contributed by atoms with Gasteiger partial charge in [0.25, 0.3) is 0 Å². The minimum Gasteiger partial charge on any atom is -0.490 e. The van der Waals surface area contributed by atoms with E-state index in [2.05, 4.69) is 5.10 Å². The first-order valence-corrected chi connectivity index (χ1v) is 7.14. The van der Waals surface area contributed by atoms with Gasteiger partial charge in [-0.1, -0.05) is 6.07 Å². The molecule has 1 aromatic carbocycles. The number of hydrogen-bond donors (Lipinski definition) is 1. The van der Waals surface area contributed by atoms with Crippen molar-refractivity contribution in [1.29, 1.82) is 0 Å². The van der Waals surface area contributed by atoms with E-state index in [9.17, 15) is 5.11 Å². The van der Waals surface area contributed by atoms with Gasteiger partial charge >= 0.3 is 0 Å². The lowest BCUT2D eigenvalue weighted by atomic mass is 10.0. The Morgan fingerprint density at radius 3 is 2.43 bits per heavy atom. The highest BCUT2D eigenvalue weighted by atomic mass is 16.5. The summed E-state index contributed by atoms with van der Waals surface area (Å²) in [6.45, 7) is 6.85. The average Bonchev–Trinajstić information content (AvgIpc) is 2.79. The Balaban J connectivity index is 2.35. The zero-order valence-corrected chi connectivity index (χ0v) is 13.0. The lowest BCUT2D eigenvalue weighted by Gasteiger charge is -2.15. The van der Waals surface area contributed by atoms with E-state index in [-0.39, 0.29) is 0 Å². The number of nitrogens with zero attached hydrogens (tertiary/aromatic N) is 2. The molecule has 0 spiro atoms. The second-order valence-electron chi connectivity index (χ2n) is 4.82. The summed E-state index contributed by atoms with van der Waals surface area (Å²) >= 11 is 0. The van der Waals surface area contributed by atoms with Crippen LogP contribution in [0.1, 0.15) is 36.8 Å². The summed E-state index contributed by atoms with van der Waals surface area (Å²) in [4.78, 5) is 0. The number of aryl methyl sites for hydroxylation is 2. The highest BCUT2D eigenvalue weighted by Gasteiger charge is 2.18. The molecule has 1 heterocycles. The van der Waals surface area contributed by atoms with Gasteiger partial charge in [-0.2, -0.15) is 5.10 Å². The van der Waals surface area contributed by atoms with Crippen LogP contribution in [-0.4, -0.2) is 28.1 Å². The highest BCUT2D eigenvalue weighted by molar-refractivity contribution is 5.45. The second-order valence-corrected chi connectivity index (χ2v) is 4.82. The molecule has 21 heavy (non-hydrogen) atoms. The van der Waals surface area contributed by atoms with Gasteiger partial charge in [0.15, 0.2) is 11.5 Å². The fourth-order valence-electron chi connectivity index (χ4n) is 2.30. The molecular weight excluding hydrogens is 268 g/mol. The molecule has 0 bridgehead atoms. The molecule has 0 aliphatic heterocycles. The van der Waals surface area contributed by atoms with Crippen LogP contribution in [-0.2, 0) is 7.05 Å². The number of ether oxygens (including phenoxy) is 2. The van der Waals surface area contributed by atoms with Gasteiger partial charge in [0.05, 0.1) is 18.9 Å². The van der Waals surface area contributed by atoms with Crippen molar-refractivity contribution in [1.82, 2.24) is 9.78 Å². The van der Waals surface area contributed by atoms with Gasteiger partial charge < -0.3 is 14.6 Å². The van der Waals surface area contributed by atoms with E-state index in [4.69, 9.17) is 9.47 Å². The molecule has 1 unspecified atom stereocenters. The standard InChI is InChI=1S/C16H22N2O3/c1-5-20-14-8-7-12(9-15(14)21-6-2)16(19)13-10-18(4)17-11(13)3/h7-10,16,19H,5-6H2,1-4H3. The lowest BCUT2D eigenvalue weighted by molar-refractivity contribution is 0.218. The normalized spacial score (nSPS) is 12.2. The van der Waals surface area contributed by atoms with Crippen molar-refractivity contribution < 1.29 is 14.6 Å². The van der Waals surface area contributed by atoms with Crippen molar-refractivity contribution in [2.45, 2.75) is 26.9 Å². The third-order valence-corrected chi connectivity index (χ3v) is 3.23. The molecule has 5 heteroatoms. The van der Waals surface area contributed by atoms with Crippen molar-refractivity contribution >= 4 is 0 Å². The monoisotopic (exact) mass is 290 g/mol. The minimum atomic E-state index is -0.728. The predicted molar refractivity (Wildman–Crippen MR) is 80.8 cm³/mol. The van der Waals surface area contributed by atoms with Crippen LogP contribution in [0.5, 0.6) is 11.5 Å². The van der Waals surface area contributed by atoms with E-state index < -0.39 is 6.10 Å². The van der Waals surface area contributed by atoms with Crippen molar-refractivity contribution in [3.63, 3.8) is 0 Å². The summed E-state index contributed by atoms with van der Waals surface area (Å²) in [5.41, 5.74) is 2.37. The van der Waals surface area contributed by atoms with Gasteiger partial charge in [-0.3, -0.25) is 4.68 Å². The third kappa shape index (κ3) is 3.36. The Kier molecular flexibility index (Phi) is 4.85. The van der Waals surface area contributed by atoms with Crippen LogP contribution in [0.4, 0.5) is 0 Å². The first-order chi connectivity index (χ1) is 10.1. The maximum atomic E-state index is 10.5. The molecule has 2 rings (SSSR count). The summed E-state index contributed by atoms with van der Waals surface area (Å²) in [5, 5.41) is 14.8. The molecule has 0 aliphatic rings. The molecule has 1 aromatic heterocycles. The number of rotatable bonds is 6. The van der Waals surface area contributed by atoms with E-state index in [1.165, 1.54) is 0 Å². The maximum Gasteiger partial charge on any atom is 0.161 e. The first-order valence-electron chi connectivity index (χ1n) is 7.14. The van der Waals surface area contributed by atoms with Crippen molar-refractivity contribution in [2.75, 3.05) is 13.2 Å². The van der Waals surface area contributed by atoms with E-state index in [0.29, 0.717) is 24.7 Å². The molecule has 0 fully saturated rings. The van der Waals surface area contributed by atoms with Crippen molar-refractivity contribution in [2.24, 2.45) is 7.05 Å². The van der Waals surface area contributed by atoms with Crippen LogP contribution in [0.25, 0.3) is 0 Å². The SMILES string of the molecule is CCOc1ccc(C(O)c2cn(C)nc2C)cc1OCC. The number of aromatic nitrogens is 2. The molecule has 0 radical (unpaired) electrons. The number of hydrogen-bond acceptors (Lipinski definition) is 4. The smallest absolute Gasteiger partial charge is 0.161 e. The topological polar surface area (TPSA) is 56.5 Å². The molecule has 1 atom stereocenters. The zero-order chi connectivity index (χ0) is 15.4. The summed E-state index contributed by atoms with van der Waals surface area (Å²) in [6.07, 6.45) is 1.10. The lowest BCUT2D eigenvalue weighted by Crippen LogP contribution is -2.03. The fraction of sp³-hybridized carbons (Fsp3) is 0.438. The first kappa shape index (κ1) is 15.4. The summed E-state index contributed by atoms with van der Waals surface area (Å²) in [6, 6.07) is 5.51. The molecule has 5 nitrogen and oxygen atoms in total. The van der Waals surface area contributed by atoms with E-state index in [0.717, 1.165) is 16.8 Å². The van der Waals surface area contributed by atoms with E-state index in [1.807, 2.05) is 52.2 Å². The van der Waals surface area contributed by atoms with E-state index in [1.54, 1.807) is 4.68 Å². The molecule has 2 aromatic rings. The Morgan fingerprint density at radius 1 is 1.19 bits per heavy atom. The van der Waals surface area contributed by atoms with E-state index >= 15 is 0 Å². The number of aliphatic hydroxyl groups excluding tert-OH is 1. The van der Waals surface area contributed by atoms with Crippen LogP contribution in [0.2, 0.25) is 0 Å². The maximum absolute atomic E-state index is 10.5. The quantitative estimate of drug-likeness (QED) is 0.888. The van der Waals surface area contributed by atoms with Crippen molar-refractivity contribution in [3.05, 3.63) is 41.2 Å². The van der Waals surface area contributed by atoms with Gasteiger partial charge in [0, 0.05) is 18.8 Å². The van der Waals surface area contributed by atoms with Gasteiger partial charge in [0.1, 0.15) is 6.10 Å². The fourth-order valence-corrected chi connectivity index (χ4v) is 2.30. The highest BCUT2D eigenvalue weighted by Crippen LogP contribution is 2.33. The Morgan fingerprint density at radius 2 is 1.86 bits per heavy atom. The zero-order valence-electron chi connectivity index (χ0n) is 13.0. The Hall–Kier alpha value is -2.01. The molecule has 0 aliphatic carbocycles. The number of benzene rings is 1. The predicted octanol–water partition coefficient (Wildman–Crippen LogP) is 2.61. The van der Waals surface area contributed by atoms with Gasteiger partial charge in [-0.15, -0.1) is 0 Å². The molecular formula is C16H22N2O3. The summed E-state index contributed by atoms with van der Waals surface area (Å²) in [7, 11) is 1.84. The van der Waals surface area contributed by atoms with Crippen LogP contribution >= 0.6 is 0 Å². The molecule has 1 N–H and O–H groups in total. The molecule has 0 saturated carbocycles. The van der Waals surface area contributed by atoms with Crippen LogP contribution in [0.15, 0.2) is 24.4 Å². The van der Waals surface area contributed by atoms with Gasteiger partial charge in [0.2, 0.25) is 0 Å². The van der Waals surface area contributed by atoms with Crippen LogP contribution in [0, 0.1) is 6.92 Å². The average molecular weight is 290 g/mol. The molecule has 114 valence electrons. The number of aliphatic hydroxyl groups is 1. The second kappa shape index (κ2) is 6.63. The third-order valence-electron chi connectivity index (χ3n) is 3.23. The van der Waals surface area contributed by atoms with Crippen LogP contribution in [0.3, 0.4) is 0 Å². The largest absolute Gasteiger partial charge is 0.490 e. The molecule has 0 saturated heterocycles. The minimum absolute atomic E-state index is 0.547. The van der Waals surface area contributed by atoms with Crippen molar-refractivity contribution in [3.8, 4) is 11.5 Å². The van der Waals surface area contributed by atoms with Gasteiger partial charge in [-0.05, 0) is 38.5 Å². The Labute approximate surface area is 125 Å². The summed E-state index contributed by atoms with van der Waals surface area (Å²) < 4.78 is 12.8.